The van der Waals surface area contributed by atoms with Crippen LogP contribution >= 0.6 is 0 Å². The van der Waals surface area contributed by atoms with E-state index < -0.39 is 10.0 Å². The third-order valence-corrected chi connectivity index (χ3v) is 4.69. The van der Waals surface area contributed by atoms with Crippen LogP contribution in [0.25, 0.3) is 6.08 Å². The molecule has 3 aromatic carbocycles. The number of hydrogen-bond donors (Lipinski definition) is 4. The first-order valence-electron chi connectivity index (χ1n) is 9.57. The first kappa shape index (κ1) is 22.6. The molecule has 3 amide bonds. The quantitative estimate of drug-likeness (QED) is 0.400. The molecule has 0 aliphatic carbocycles. The SMILES string of the molecule is CS(=O)(=O)Nc1ccc(/C=C/C(=O)Nc2ccc(NC(=O)Nc3ccccc3)cc2)cc1. The smallest absolute Gasteiger partial charge is 0.323 e. The number of anilines is 4. The van der Waals surface area contributed by atoms with Crippen molar-refractivity contribution in [3.63, 3.8) is 0 Å². The van der Waals surface area contributed by atoms with Crippen molar-refractivity contribution in [1.29, 1.82) is 0 Å². The Morgan fingerprint density at radius 2 is 1.19 bits per heavy atom. The van der Waals surface area contributed by atoms with Crippen molar-refractivity contribution < 1.29 is 18.0 Å². The highest BCUT2D eigenvalue weighted by Crippen LogP contribution is 2.15. The van der Waals surface area contributed by atoms with Crippen LogP contribution in [0.15, 0.2) is 84.9 Å². The molecule has 8 nitrogen and oxygen atoms in total. The van der Waals surface area contributed by atoms with Gasteiger partial charge in [-0.3, -0.25) is 9.52 Å². The molecule has 164 valence electrons. The van der Waals surface area contributed by atoms with E-state index in [0.29, 0.717) is 22.7 Å². The maximum absolute atomic E-state index is 12.1. The summed E-state index contributed by atoms with van der Waals surface area (Å²) < 4.78 is 24.8. The normalized spacial score (nSPS) is 11.0. The molecule has 0 radical (unpaired) electrons. The zero-order valence-corrected chi connectivity index (χ0v) is 18.0. The maximum atomic E-state index is 12.1. The number of carbonyl (C=O) groups excluding carboxylic acids is 2. The summed E-state index contributed by atoms with van der Waals surface area (Å²) in [7, 11) is -3.33. The number of urea groups is 1. The van der Waals surface area contributed by atoms with E-state index in [4.69, 9.17) is 0 Å². The fourth-order valence-corrected chi connectivity index (χ4v) is 3.25. The lowest BCUT2D eigenvalue weighted by molar-refractivity contribution is -0.111. The van der Waals surface area contributed by atoms with Gasteiger partial charge in [0.1, 0.15) is 0 Å². The van der Waals surface area contributed by atoms with Crippen molar-refractivity contribution in [3.05, 3.63) is 90.5 Å². The van der Waals surface area contributed by atoms with Crippen LogP contribution in [0.2, 0.25) is 0 Å². The lowest BCUT2D eigenvalue weighted by Gasteiger charge is -2.08. The number of nitrogens with one attached hydrogen (secondary N) is 4. The predicted octanol–water partition coefficient (Wildman–Crippen LogP) is 4.35. The van der Waals surface area contributed by atoms with E-state index in [0.717, 1.165) is 11.8 Å². The zero-order chi connectivity index (χ0) is 23.0. The van der Waals surface area contributed by atoms with E-state index in [9.17, 15) is 18.0 Å². The van der Waals surface area contributed by atoms with Crippen LogP contribution in [0.3, 0.4) is 0 Å². The summed E-state index contributed by atoms with van der Waals surface area (Å²) in [6, 6.07) is 22.0. The monoisotopic (exact) mass is 450 g/mol. The van der Waals surface area contributed by atoms with Crippen molar-refractivity contribution in [3.8, 4) is 0 Å². The average molecular weight is 451 g/mol. The van der Waals surface area contributed by atoms with Gasteiger partial charge in [0.05, 0.1) is 6.26 Å². The van der Waals surface area contributed by atoms with Gasteiger partial charge in [0.2, 0.25) is 15.9 Å². The van der Waals surface area contributed by atoms with Crippen molar-refractivity contribution in [2.45, 2.75) is 0 Å². The summed E-state index contributed by atoms with van der Waals surface area (Å²) in [4.78, 5) is 24.2. The highest BCUT2D eigenvalue weighted by atomic mass is 32.2. The second-order valence-corrected chi connectivity index (χ2v) is 8.59. The van der Waals surface area contributed by atoms with E-state index in [1.165, 1.54) is 6.08 Å². The molecule has 32 heavy (non-hydrogen) atoms. The lowest BCUT2D eigenvalue weighted by Crippen LogP contribution is -2.19. The highest BCUT2D eigenvalue weighted by Gasteiger charge is 2.04. The molecule has 0 aliphatic heterocycles. The van der Waals surface area contributed by atoms with Crippen LogP contribution in [0.1, 0.15) is 5.56 Å². The van der Waals surface area contributed by atoms with Crippen LogP contribution < -0.4 is 20.7 Å². The van der Waals surface area contributed by atoms with E-state index in [1.54, 1.807) is 66.7 Å². The number of hydrogen-bond acceptors (Lipinski definition) is 4. The summed E-state index contributed by atoms with van der Waals surface area (Å²) in [5, 5.41) is 8.17. The van der Waals surface area contributed by atoms with Gasteiger partial charge in [-0.25, -0.2) is 13.2 Å². The summed E-state index contributed by atoms with van der Waals surface area (Å²) in [6.07, 6.45) is 4.06. The summed E-state index contributed by atoms with van der Waals surface area (Å²) >= 11 is 0. The number of amides is 3. The Labute approximate surface area is 186 Å². The van der Waals surface area contributed by atoms with Gasteiger partial charge in [-0.15, -0.1) is 0 Å². The molecule has 0 aliphatic rings. The third kappa shape index (κ3) is 7.62. The molecule has 0 bridgehead atoms. The number of rotatable bonds is 7. The van der Waals surface area contributed by atoms with Crippen LogP contribution in [0, 0.1) is 0 Å². The molecule has 3 rings (SSSR count). The molecule has 0 fully saturated rings. The molecule has 0 spiro atoms. The Kier molecular flexibility index (Phi) is 7.25. The molecule has 0 saturated heterocycles. The standard InChI is InChI=1S/C23H22N4O4S/c1-32(30,31)27-21-10-7-17(8-11-21)9-16-22(28)24-19-12-14-20(15-13-19)26-23(29)25-18-5-3-2-4-6-18/h2-16,27H,1H3,(H,24,28)(H2,25,26,29)/b16-9+. The largest absolute Gasteiger partial charge is 0.323 e. The average Bonchev–Trinajstić information content (AvgIpc) is 2.74. The van der Waals surface area contributed by atoms with E-state index in [-0.39, 0.29) is 11.9 Å². The van der Waals surface area contributed by atoms with E-state index in [2.05, 4.69) is 20.7 Å². The molecule has 0 saturated carbocycles. The minimum Gasteiger partial charge on any atom is -0.323 e. The van der Waals surface area contributed by atoms with Crippen molar-refractivity contribution >= 4 is 50.8 Å². The molecular weight excluding hydrogens is 428 g/mol. The topological polar surface area (TPSA) is 116 Å². The molecule has 3 aromatic rings. The Morgan fingerprint density at radius 1 is 0.688 bits per heavy atom. The zero-order valence-electron chi connectivity index (χ0n) is 17.2. The van der Waals surface area contributed by atoms with Crippen molar-refractivity contribution in [2.75, 3.05) is 26.9 Å². The van der Waals surface area contributed by atoms with E-state index in [1.807, 2.05) is 18.2 Å². The van der Waals surface area contributed by atoms with Crippen molar-refractivity contribution in [2.24, 2.45) is 0 Å². The fraction of sp³-hybridized carbons (Fsp3) is 0.0435. The maximum Gasteiger partial charge on any atom is 0.323 e. The summed E-state index contributed by atoms with van der Waals surface area (Å²) in [6.45, 7) is 0. The van der Waals surface area contributed by atoms with Gasteiger partial charge in [0.15, 0.2) is 0 Å². The van der Waals surface area contributed by atoms with Crippen LogP contribution in [0.4, 0.5) is 27.5 Å². The van der Waals surface area contributed by atoms with Crippen molar-refractivity contribution in [1.82, 2.24) is 0 Å². The lowest BCUT2D eigenvalue weighted by atomic mass is 10.2. The molecule has 0 aromatic heterocycles. The highest BCUT2D eigenvalue weighted by molar-refractivity contribution is 7.92. The summed E-state index contributed by atoms with van der Waals surface area (Å²) in [5.41, 5.74) is 3.02. The molecule has 0 atom stereocenters. The number of sulfonamides is 1. The fourth-order valence-electron chi connectivity index (χ4n) is 2.68. The van der Waals surface area contributed by atoms with Gasteiger partial charge in [-0.2, -0.15) is 0 Å². The van der Waals surface area contributed by atoms with Crippen LogP contribution in [0.5, 0.6) is 0 Å². The minimum absolute atomic E-state index is 0.328. The second-order valence-electron chi connectivity index (χ2n) is 6.84. The molecular formula is C23H22N4O4S. The molecule has 4 N–H and O–H groups in total. The van der Waals surface area contributed by atoms with Gasteiger partial charge in [-0.1, -0.05) is 30.3 Å². The Bertz CT molecular complexity index is 1210. The molecule has 0 unspecified atom stereocenters. The minimum atomic E-state index is -3.33. The first-order valence-corrected chi connectivity index (χ1v) is 11.5. The first-order chi connectivity index (χ1) is 15.3. The van der Waals surface area contributed by atoms with Gasteiger partial charge in [0, 0.05) is 28.8 Å². The van der Waals surface area contributed by atoms with E-state index >= 15 is 0 Å². The van der Waals surface area contributed by atoms with Gasteiger partial charge < -0.3 is 16.0 Å². The summed E-state index contributed by atoms with van der Waals surface area (Å²) in [5.74, 6) is -0.328. The van der Waals surface area contributed by atoms with Gasteiger partial charge >= 0.3 is 6.03 Å². The predicted molar refractivity (Wildman–Crippen MR) is 128 cm³/mol. The Morgan fingerprint density at radius 3 is 1.75 bits per heavy atom. The third-order valence-electron chi connectivity index (χ3n) is 4.08. The van der Waals surface area contributed by atoms with Crippen LogP contribution in [-0.4, -0.2) is 26.6 Å². The Hall–Kier alpha value is -4.11. The number of benzene rings is 3. The van der Waals surface area contributed by atoms with Gasteiger partial charge in [-0.05, 0) is 60.2 Å². The van der Waals surface area contributed by atoms with Gasteiger partial charge in [0.25, 0.3) is 0 Å². The second kappa shape index (κ2) is 10.3. The Balaban J connectivity index is 1.50. The molecule has 0 heterocycles. The van der Waals surface area contributed by atoms with Crippen LogP contribution in [-0.2, 0) is 14.8 Å². The number of carbonyl (C=O) groups is 2. The number of para-hydroxylation sites is 1. The molecule has 9 heteroatoms.